The Bertz CT molecular complexity index is 980. The predicted molar refractivity (Wildman–Crippen MR) is 106 cm³/mol. The van der Waals surface area contributed by atoms with E-state index >= 15 is 0 Å². The van der Waals surface area contributed by atoms with Crippen LogP contribution in [-0.2, 0) is 0 Å². The molecular weight excluding hydrogens is 367 g/mol. The van der Waals surface area contributed by atoms with E-state index in [9.17, 15) is 9.18 Å². The van der Waals surface area contributed by atoms with Crippen LogP contribution in [0.3, 0.4) is 0 Å². The fourth-order valence-corrected chi connectivity index (χ4v) is 3.32. The number of anilines is 2. The number of aromatic nitrogens is 2. The zero-order valence-electron chi connectivity index (χ0n) is 14.5. The van der Waals surface area contributed by atoms with E-state index in [4.69, 9.17) is 11.6 Å². The van der Waals surface area contributed by atoms with Gasteiger partial charge in [0, 0.05) is 48.5 Å². The molecule has 1 aliphatic heterocycles. The molecule has 7 heteroatoms. The summed E-state index contributed by atoms with van der Waals surface area (Å²) in [6, 6.07) is 15.2. The van der Waals surface area contributed by atoms with Crippen LogP contribution in [0.2, 0.25) is 5.02 Å². The van der Waals surface area contributed by atoms with Gasteiger partial charge in [0.15, 0.2) is 0 Å². The summed E-state index contributed by atoms with van der Waals surface area (Å²) in [7, 11) is 0. The van der Waals surface area contributed by atoms with Crippen molar-refractivity contribution < 1.29 is 4.39 Å². The summed E-state index contributed by atoms with van der Waals surface area (Å²) in [4.78, 5) is 23.8. The van der Waals surface area contributed by atoms with Crippen LogP contribution in [-0.4, -0.2) is 36.1 Å². The lowest BCUT2D eigenvalue weighted by Crippen LogP contribution is -2.47. The summed E-state index contributed by atoms with van der Waals surface area (Å²) in [6.07, 6.45) is 0. The smallest absolute Gasteiger partial charge is 0.252 e. The first kappa shape index (κ1) is 17.5. The van der Waals surface area contributed by atoms with Crippen LogP contribution in [0, 0.1) is 5.82 Å². The van der Waals surface area contributed by atoms with Gasteiger partial charge in [0.1, 0.15) is 5.82 Å². The Balaban J connectivity index is 1.52. The van der Waals surface area contributed by atoms with Crippen molar-refractivity contribution in [2.45, 2.75) is 0 Å². The zero-order chi connectivity index (χ0) is 18.8. The topological polar surface area (TPSA) is 52.2 Å². The first-order chi connectivity index (χ1) is 13.1. The summed E-state index contributed by atoms with van der Waals surface area (Å²) < 4.78 is 13.1. The maximum absolute atomic E-state index is 13.1. The molecule has 0 amide bonds. The number of piperazine rings is 1. The minimum absolute atomic E-state index is 0.223. The molecule has 3 aromatic rings. The van der Waals surface area contributed by atoms with Crippen molar-refractivity contribution in [3.05, 3.63) is 75.8 Å². The minimum atomic E-state index is -0.317. The van der Waals surface area contributed by atoms with E-state index in [1.165, 1.54) is 18.2 Å². The molecule has 2 heterocycles. The van der Waals surface area contributed by atoms with Gasteiger partial charge in [0.25, 0.3) is 5.56 Å². The third-order valence-corrected chi connectivity index (χ3v) is 4.89. The molecule has 2 aromatic carbocycles. The van der Waals surface area contributed by atoms with Gasteiger partial charge in [-0.25, -0.2) is 9.37 Å². The molecule has 1 saturated heterocycles. The van der Waals surface area contributed by atoms with Gasteiger partial charge in [0.2, 0.25) is 5.95 Å². The molecule has 138 valence electrons. The van der Waals surface area contributed by atoms with E-state index in [0.717, 1.165) is 36.9 Å². The van der Waals surface area contributed by atoms with Crippen LogP contribution < -0.4 is 15.4 Å². The standard InChI is InChI=1S/C20H18ClFN4O/c21-15-3-7-17(8-4-15)25-9-11-26(12-10-25)20-23-18(13-19(27)24-20)14-1-5-16(22)6-2-14/h1-8,13H,9-12H2,(H,23,24,27). The van der Waals surface area contributed by atoms with Gasteiger partial charge in [-0.05, 0) is 48.5 Å². The number of hydrogen-bond acceptors (Lipinski definition) is 4. The van der Waals surface area contributed by atoms with Gasteiger partial charge in [0.05, 0.1) is 5.69 Å². The quantitative estimate of drug-likeness (QED) is 0.750. The second kappa shape index (κ2) is 7.40. The lowest BCUT2D eigenvalue weighted by Gasteiger charge is -2.36. The molecule has 1 aromatic heterocycles. The summed E-state index contributed by atoms with van der Waals surface area (Å²) in [5, 5.41) is 0.719. The molecule has 5 nitrogen and oxygen atoms in total. The average molecular weight is 385 g/mol. The number of nitrogens with one attached hydrogen (secondary N) is 1. The number of rotatable bonds is 3. The Morgan fingerprint density at radius 2 is 1.56 bits per heavy atom. The van der Waals surface area contributed by atoms with Crippen molar-refractivity contribution in [1.29, 1.82) is 0 Å². The summed E-state index contributed by atoms with van der Waals surface area (Å²) >= 11 is 5.95. The molecule has 4 rings (SSSR count). The molecule has 27 heavy (non-hydrogen) atoms. The number of hydrogen-bond donors (Lipinski definition) is 1. The maximum Gasteiger partial charge on any atom is 0.252 e. The lowest BCUT2D eigenvalue weighted by atomic mass is 10.1. The second-order valence-corrected chi connectivity index (χ2v) is 6.85. The molecule has 0 bridgehead atoms. The van der Waals surface area contributed by atoms with Crippen molar-refractivity contribution in [3.8, 4) is 11.3 Å². The van der Waals surface area contributed by atoms with Gasteiger partial charge in [-0.15, -0.1) is 0 Å². The van der Waals surface area contributed by atoms with Crippen LogP contribution in [0.25, 0.3) is 11.3 Å². The molecule has 1 aliphatic rings. The lowest BCUT2D eigenvalue weighted by molar-refractivity contribution is 0.628. The maximum atomic E-state index is 13.1. The highest BCUT2D eigenvalue weighted by Crippen LogP contribution is 2.22. The average Bonchev–Trinajstić information content (AvgIpc) is 2.69. The molecule has 0 spiro atoms. The summed E-state index contributed by atoms with van der Waals surface area (Å²) in [5.41, 5.74) is 2.15. The van der Waals surface area contributed by atoms with Gasteiger partial charge < -0.3 is 9.80 Å². The predicted octanol–water partition coefficient (Wildman–Crippen LogP) is 3.56. The Kier molecular flexibility index (Phi) is 4.81. The number of nitrogens with zero attached hydrogens (tertiary/aromatic N) is 3. The Labute approximate surface area is 161 Å². The normalized spacial score (nSPS) is 14.4. The van der Waals surface area contributed by atoms with Crippen LogP contribution in [0.1, 0.15) is 0 Å². The largest absolute Gasteiger partial charge is 0.368 e. The number of H-pyrrole nitrogens is 1. The van der Waals surface area contributed by atoms with Crippen LogP contribution >= 0.6 is 11.6 Å². The summed E-state index contributed by atoms with van der Waals surface area (Å²) in [6.45, 7) is 3.09. The molecule has 1 N–H and O–H groups in total. The van der Waals surface area contributed by atoms with Crippen LogP contribution in [0.5, 0.6) is 0 Å². The highest BCUT2D eigenvalue weighted by atomic mass is 35.5. The fourth-order valence-electron chi connectivity index (χ4n) is 3.19. The second-order valence-electron chi connectivity index (χ2n) is 6.41. The van der Waals surface area contributed by atoms with Gasteiger partial charge in [-0.3, -0.25) is 9.78 Å². The first-order valence-corrected chi connectivity index (χ1v) is 9.09. The van der Waals surface area contributed by atoms with Crippen molar-refractivity contribution in [2.24, 2.45) is 0 Å². The SMILES string of the molecule is O=c1cc(-c2ccc(F)cc2)nc(N2CCN(c3ccc(Cl)cc3)CC2)[nH]1. The number of benzene rings is 2. The molecule has 0 radical (unpaired) electrons. The van der Waals surface area contributed by atoms with E-state index in [1.54, 1.807) is 12.1 Å². The first-order valence-electron chi connectivity index (χ1n) is 8.71. The highest BCUT2D eigenvalue weighted by Gasteiger charge is 2.19. The number of halogens is 2. The number of aromatic amines is 1. The monoisotopic (exact) mass is 384 g/mol. The molecule has 1 fully saturated rings. The third kappa shape index (κ3) is 3.95. The van der Waals surface area contributed by atoms with E-state index in [1.807, 2.05) is 24.3 Å². The Hall–Kier alpha value is -2.86. The summed E-state index contributed by atoms with van der Waals surface area (Å²) in [5.74, 6) is 0.222. The van der Waals surface area contributed by atoms with E-state index in [2.05, 4.69) is 19.8 Å². The van der Waals surface area contributed by atoms with E-state index < -0.39 is 0 Å². The Morgan fingerprint density at radius 1 is 0.926 bits per heavy atom. The van der Waals surface area contributed by atoms with Crippen molar-refractivity contribution >= 4 is 23.2 Å². The molecule has 0 aliphatic carbocycles. The minimum Gasteiger partial charge on any atom is -0.368 e. The Morgan fingerprint density at radius 3 is 2.22 bits per heavy atom. The van der Waals surface area contributed by atoms with Crippen molar-refractivity contribution in [1.82, 2.24) is 9.97 Å². The van der Waals surface area contributed by atoms with E-state index in [0.29, 0.717) is 17.2 Å². The zero-order valence-corrected chi connectivity index (χ0v) is 15.3. The third-order valence-electron chi connectivity index (χ3n) is 4.64. The van der Waals surface area contributed by atoms with Gasteiger partial charge >= 0.3 is 0 Å². The van der Waals surface area contributed by atoms with Gasteiger partial charge in [-0.1, -0.05) is 11.6 Å². The highest BCUT2D eigenvalue weighted by molar-refractivity contribution is 6.30. The van der Waals surface area contributed by atoms with Crippen molar-refractivity contribution in [2.75, 3.05) is 36.0 Å². The molecule has 0 unspecified atom stereocenters. The molecule has 0 saturated carbocycles. The van der Waals surface area contributed by atoms with Crippen LogP contribution in [0.4, 0.5) is 16.0 Å². The molecular formula is C20H18ClFN4O. The van der Waals surface area contributed by atoms with E-state index in [-0.39, 0.29) is 11.4 Å². The van der Waals surface area contributed by atoms with Crippen molar-refractivity contribution in [3.63, 3.8) is 0 Å². The molecule has 0 atom stereocenters. The van der Waals surface area contributed by atoms with Gasteiger partial charge in [-0.2, -0.15) is 0 Å². The van der Waals surface area contributed by atoms with Crippen LogP contribution in [0.15, 0.2) is 59.4 Å². The fraction of sp³-hybridized carbons (Fsp3) is 0.200.